The van der Waals surface area contributed by atoms with E-state index in [1.165, 1.54) is 0 Å². The molecular weight excluding hydrogens is 334 g/mol. The smallest absolute Gasteiger partial charge is 0.188 e. The van der Waals surface area contributed by atoms with E-state index in [0.29, 0.717) is 5.92 Å². The van der Waals surface area contributed by atoms with Gasteiger partial charge in [-0.2, -0.15) is 5.10 Å². The average Bonchev–Trinajstić information content (AvgIpc) is 3.27. The highest BCUT2D eigenvalue weighted by molar-refractivity contribution is 7.13. The van der Waals surface area contributed by atoms with Crippen molar-refractivity contribution in [2.45, 2.75) is 32.2 Å². The van der Waals surface area contributed by atoms with Crippen LogP contribution in [0.5, 0.6) is 0 Å². The molecule has 3 aromatic heterocycles. The summed E-state index contributed by atoms with van der Waals surface area (Å²) in [5.41, 5.74) is 3.20. The third kappa shape index (κ3) is 3.85. The summed E-state index contributed by atoms with van der Waals surface area (Å²) in [4.78, 5) is 16.1. The number of aromatic nitrogens is 5. The van der Waals surface area contributed by atoms with Crippen LogP contribution in [-0.4, -0.2) is 43.1 Å². The molecule has 2 N–H and O–H groups in total. The predicted molar refractivity (Wildman–Crippen MR) is 98.0 cm³/mol. The molecule has 3 aromatic rings. The van der Waals surface area contributed by atoms with Gasteiger partial charge in [0.05, 0.1) is 11.4 Å². The van der Waals surface area contributed by atoms with E-state index in [1.807, 2.05) is 18.4 Å². The highest BCUT2D eigenvalue weighted by atomic mass is 32.1. The molecule has 4 rings (SSSR count). The number of H-pyrrole nitrogens is 1. The quantitative estimate of drug-likeness (QED) is 0.732. The number of rotatable bonds is 5. The number of nitrogens with one attached hydrogen (secondary N) is 2. The van der Waals surface area contributed by atoms with Gasteiger partial charge >= 0.3 is 0 Å². The summed E-state index contributed by atoms with van der Waals surface area (Å²) < 4.78 is 0. The van der Waals surface area contributed by atoms with Gasteiger partial charge in [-0.25, -0.2) is 9.97 Å². The van der Waals surface area contributed by atoms with Crippen molar-refractivity contribution in [2.24, 2.45) is 0 Å². The van der Waals surface area contributed by atoms with Gasteiger partial charge in [0.2, 0.25) is 0 Å². The lowest BCUT2D eigenvalue weighted by Crippen LogP contribution is -2.34. The fourth-order valence-corrected chi connectivity index (χ4v) is 3.98. The summed E-state index contributed by atoms with van der Waals surface area (Å²) in [6.45, 7) is 4.96. The third-order valence-electron chi connectivity index (χ3n) is 4.42. The Hall–Kier alpha value is -2.32. The molecular formula is C17H21N7S. The SMILES string of the molecule is Cc1csc(Nc2nccnc2[C@H]2CCCN(Cc3ccn[nH]3)C2)n1. The van der Waals surface area contributed by atoms with Gasteiger partial charge in [0.25, 0.3) is 0 Å². The van der Waals surface area contributed by atoms with Crippen molar-refractivity contribution in [3.63, 3.8) is 0 Å². The van der Waals surface area contributed by atoms with Crippen molar-refractivity contribution in [3.05, 3.63) is 47.1 Å². The molecule has 0 amide bonds. The van der Waals surface area contributed by atoms with Crippen LogP contribution in [0.3, 0.4) is 0 Å². The molecule has 4 heterocycles. The molecule has 0 radical (unpaired) electrons. The zero-order valence-corrected chi connectivity index (χ0v) is 15.0. The monoisotopic (exact) mass is 355 g/mol. The van der Waals surface area contributed by atoms with Gasteiger partial charge in [0, 0.05) is 48.7 Å². The second-order valence-corrected chi connectivity index (χ2v) is 7.22. The summed E-state index contributed by atoms with van der Waals surface area (Å²) in [7, 11) is 0. The van der Waals surface area contributed by atoms with Gasteiger partial charge in [0.15, 0.2) is 10.9 Å². The van der Waals surface area contributed by atoms with E-state index in [0.717, 1.165) is 60.5 Å². The lowest BCUT2D eigenvalue weighted by Gasteiger charge is -2.32. The first-order valence-corrected chi connectivity index (χ1v) is 9.36. The maximum absolute atomic E-state index is 4.64. The molecule has 1 fully saturated rings. The first kappa shape index (κ1) is 16.2. The molecule has 1 saturated heterocycles. The maximum Gasteiger partial charge on any atom is 0.188 e. The van der Waals surface area contributed by atoms with Crippen molar-refractivity contribution in [1.82, 2.24) is 30.0 Å². The van der Waals surface area contributed by atoms with Crippen LogP contribution in [0.4, 0.5) is 10.9 Å². The zero-order valence-electron chi connectivity index (χ0n) is 14.1. The van der Waals surface area contributed by atoms with Gasteiger partial charge in [-0.15, -0.1) is 11.3 Å². The van der Waals surface area contributed by atoms with E-state index < -0.39 is 0 Å². The summed E-state index contributed by atoms with van der Waals surface area (Å²) in [6, 6.07) is 2.03. The number of nitrogens with zero attached hydrogens (tertiary/aromatic N) is 5. The van der Waals surface area contributed by atoms with Crippen molar-refractivity contribution in [3.8, 4) is 0 Å². The first-order chi connectivity index (χ1) is 12.3. The Bertz CT molecular complexity index is 814. The highest BCUT2D eigenvalue weighted by Gasteiger charge is 2.25. The number of hydrogen-bond acceptors (Lipinski definition) is 7. The molecule has 8 heteroatoms. The van der Waals surface area contributed by atoms with Crippen LogP contribution >= 0.6 is 11.3 Å². The van der Waals surface area contributed by atoms with Crippen molar-refractivity contribution in [1.29, 1.82) is 0 Å². The normalized spacial score (nSPS) is 18.4. The number of thiazole rings is 1. The Labute approximate surface area is 150 Å². The Kier molecular flexibility index (Phi) is 4.71. The summed E-state index contributed by atoms with van der Waals surface area (Å²) in [5.74, 6) is 1.19. The van der Waals surface area contributed by atoms with E-state index in [1.54, 1.807) is 29.9 Å². The molecule has 7 nitrogen and oxygen atoms in total. The average molecular weight is 355 g/mol. The van der Waals surface area contributed by atoms with Crippen LogP contribution in [0.15, 0.2) is 30.0 Å². The summed E-state index contributed by atoms with van der Waals surface area (Å²) in [6.07, 6.45) is 7.60. The molecule has 0 aliphatic carbocycles. The van der Waals surface area contributed by atoms with E-state index in [-0.39, 0.29) is 0 Å². The fourth-order valence-electron chi connectivity index (χ4n) is 3.29. The van der Waals surface area contributed by atoms with Gasteiger partial charge in [-0.1, -0.05) is 0 Å². The minimum atomic E-state index is 0.369. The second-order valence-electron chi connectivity index (χ2n) is 6.37. The minimum absolute atomic E-state index is 0.369. The largest absolute Gasteiger partial charge is 0.315 e. The number of piperidine rings is 1. The number of aryl methyl sites for hydroxylation is 1. The molecule has 1 atom stereocenters. The number of likely N-dealkylation sites (tertiary alicyclic amines) is 1. The number of aromatic amines is 1. The van der Waals surface area contributed by atoms with E-state index >= 15 is 0 Å². The van der Waals surface area contributed by atoms with Crippen LogP contribution in [-0.2, 0) is 6.54 Å². The molecule has 0 saturated carbocycles. The Morgan fingerprint density at radius 1 is 1.32 bits per heavy atom. The molecule has 0 spiro atoms. The topological polar surface area (TPSA) is 82.6 Å². The molecule has 1 aliphatic heterocycles. The first-order valence-electron chi connectivity index (χ1n) is 8.48. The summed E-state index contributed by atoms with van der Waals surface area (Å²) in [5, 5.41) is 13.3. The van der Waals surface area contributed by atoms with Crippen molar-refractivity contribution >= 4 is 22.3 Å². The van der Waals surface area contributed by atoms with Crippen LogP contribution in [0, 0.1) is 6.92 Å². The predicted octanol–water partition coefficient (Wildman–Crippen LogP) is 3.09. The van der Waals surface area contributed by atoms with Crippen molar-refractivity contribution < 1.29 is 0 Å². The van der Waals surface area contributed by atoms with Gasteiger partial charge in [-0.05, 0) is 32.4 Å². The van der Waals surface area contributed by atoms with Crippen LogP contribution in [0.25, 0.3) is 0 Å². The van der Waals surface area contributed by atoms with E-state index in [4.69, 9.17) is 0 Å². The van der Waals surface area contributed by atoms with Gasteiger partial charge < -0.3 is 5.32 Å². The van der Waals surface area contributed by atoms with Crippen molar-refractivity contribution in [2.75, 3.05) is 18.4 Å². The highest BCUT2D eigenvalue weighted by Crippen LogP contribution is 2.31. The lowest BCUT2D eigenvalue weighted by atomic mass is 9.94. The molecule has 0 bridgehead atoms. The Balaban J connectivity index is 1.50. The third-order valence-corrected chi connectivity index (χ3v) is 5.29. The maximum atomic E-state index is 4.64. The lowest BCUT2D eigenvalue weighted by molar-refractivity contribution is 0.196. The molecule has 0 aromatic carbocycles. The molecule has 130 valence electrons. The molecule has 1 aliphatic rings. The van der Waals surface area contributed by atoms with Crippen LogP contribution in [0.1, 0.15) is 35.8 Å². The van der Waals surface area contributed by atoms with Crippen LogP contribution < -0.4 is 5.32 Å². The van der Waals surface area contributed by atoms with E-state index in [2.05, 4.69) is 35.4 Å². The zero-order chi connectivity index (χ0) is 17.1. The van der Waals surface area contributed by atoms with Gasteiger partial charge in [0.1, 0.15) is 0 Å². The second kappa shape index (κ2) is 7.28. The molecule has 0 unspecified atom stereocenters. The fraction of sp³-hybridized carbons (Fsp3) is 0.412. The Morgan fingerprint density at radius 3 is 3.04 bits per heavy atom. The summed E-state index contributed by atoms with van der Waals surface area (Å²) >= 11 is 1.59. The van der Waals surface area contributed by atoms with E-state index in [9.17, 15) is 0 Å². The number of hydrogen-bond donors (Lipinski definition) is 2. The van der Waals surface area contributed by atoms with Crippen LogP contribution in [0.2, 0.25) is 0 Å². The minimum Gasteiger partial charge on any atom is -0.315 e. The van der Waals surface area contributed by atoms with Gasteiger partial charge in [-0.3, -0.25) is 15.0 Å². The Morgan fingerprint density at radius 2 is 2.24 bits per heavy atom. The standard InChI is InChI=1S/C17H21N7S/c1-12-11-25-17(21-12)22-16-15(18-6-7-19-16)13-3-2-8-24(9-13)10-14-4-5-20-23-14/h4-7,11,13H,2-3,8-10H2,1H3,(H,20,23)(H,19,21,22)/t13-/m0/s1. The number of anilines is 2. The molecule has 25 heavy (non-hydrogen) atoms.